The fraction of sp³-hybridized carbons (Fsp3) is 0.545. The Morgan fingerprint density at radius 2 is 2.56 bits per heavy atom. The van der Waals surface area contributed by atoms with E-state index in [0.717, 1.165) is 19.4 Å². The number of fused-ring (bicyclic) bond motifs is 1. The smallest absolute Gasteiger partial charge is 0.325 e. The van der Waals surface area contributed by atoms with Gasteiger partial charge in [-0.2, -0.15) is 14.6 Å². The zero-order valence-electron chi connectivity index (χ0n) is 10.0. The maximum Gasteiger partial charge on any atom is 0.325 e. The van der Waals surface area contributed by atoms with E-state index in [-0.39, 0.29) is 17.8 Å². The third kappa shape index (κ3) is 1.86. The van der Waals surface area contributed by atoms with Crippen molar-refractivity contribution in [3.8, 4) is 0 Å². The molecule has 0 aliphatic carbocycles. The van der Waals surface area contributed by atoms with Crippen molar-refractivity contribution in [1.29, 1.82) is 0 Å². The SMILES string of the molecule is Cc1c(C(=O)NCC2CCCO2)oc2ncnn12. The van der Waals surface area contributed by atoms with Gasteiger partial charge in [0.05, 0.1) is 11.8 Å². The summed E-state index contributed by atoms with van der Waals surface area (Å²) in [4.78, 5) is 15.9. The summed E-state index contributed by atoms with van der Waals surface area (Å²) in [6.45, 7) is 3.05. The van der Waals surface area contributed by atoms with Crippen LogP contribution in [0.3, 0.4) is 0 Å². The number of ether oxygens (including phenoxy) is 1. The summed E-state index contributed by atoms with van der Waals surface area (Å²) in [6, 6.07) is 0. The highest BCUT2D eigenvalue weighted by molar-refractivity contribution is 5.92. The Hall–Kier alpha value is -1.89. The van der Waals surface area contributed by atoms with Crippen LogP contribution in [0.15, 0.2) is 10.7 Å². The van der Waals surface area contributed by atoms with Crippen LogP contribution in [0.2, 0.25) is 0 Å². The van der Waals surface area contributed by atoms with Gasteiger partial charge in [-0.25, -0.2) is 0 Å². The quantitative estimate of drug-likeness (QED) is 0.859. The van der Waals surface area contributed by atoms with Crippen LogP contribution in [0.4, 0.5) is 0 Å². The van der Waals surface area contributed by atoms with E-state index in [1.165, 1.54) is 10.8 Å². The highest BCUT2D eigenvalue weighted by Crippen LogP contribution is 2.14. The van der Waals surface area contributed by atoms with Gasteiger partial charge in [0.2, 0.25) is 5.76 Å². The molecule has 3 rings (SSSR count). The second kappa shape index (κ2) is 4.41. The topological polar surface area (TPSA) is 81.7 Å². The van der Waals surface area contributed by atoms with Crippen molar-refractivity contribution >= 4 is 11.8 Å². The second-order valence-electron chi connectivity index (χ2n) is 4.32. The lowest BCUT2D eigenvalue weighted by atomic mass is 10.2. The molecule has 1 saturated heterocycles. The van der Waals surface area contributed by atoms with Gasteiger partial charge in [0.1, 0.15) is 6.33 Å². The van der Waals surface area contributed by atoms with Gasteiger partial charge in [0.15, 0.2) is 0 Å². The molecule has 18 heavy (non-hydrogen) atoms. The fourth-order valence-electron chi connectivity index (χ4n) is 2.09. The first-order valence-electron chi connectivity index (χ1n) is 5.94. The van der Waals surface area contributed by atoms with Crippen LogP contribution < -0.4 is 5.32 Å². The molecule has 0 aromatic carbocycles. The highest BCUT2D eigenvalue weighted by Gasteiger charge is 2.21. The number of aryl methyl sites for hydroxylation is 1. The predicted molar refractivity (Wildman–Crippen MR) is 61.3 cm³/mol. The Morgan fingerprint density at radius 3 is 3.28 bits per heavy atom. The van der Waals surface area contributed by atoms with E-state index in [1.807, 2.05) is 0 Å². The highest BCUT2D eigenvalue weighted by atomic mass is 16.5. The largest absolute Gasteiger partial charge is 0.416 e. The summed E-state index contributed by atoms with van der Waals surface area (Å²) in [5.74, 6) is 0.327. The summed E-state index contributed by atoms with van der Waals surface area (Å²) in [7, 11) is 0. The maximum absolute atomic E-state index is 12.0. The van der Waals surface area contributed by atoms with Gasteiger partial charge >= 0.3 is 5.84 Å². The summed E-state index contributed by atoms with van der Waals surface area (Å²) in [6.07, 6.45) is 3.55. The fourth-order valence-corrected chi connectivity index (χ4v) is 2.09. The number of hydrogen-bond donors (Lipinski definition) is 1. The molecule has 0 spiro atoms. The van der Waals surface area contributed by atoms with Crippen LogP contribution in [0.25, 0.3) is 5.84 Å². The molecular formula is C11H14N4O3. The molecule has 2 aromatic rings. The Balaban J connectivity index is 1.71. The Kier molecular flexibility index (Phi) is 2.75. The predicted octanol–water partition coefficient (Wildman–Crippen LogP) is 0.540. The van der Waals surface area contributed by atoms with E-state index >= 15 is 0 Å². The first-order valence-corrected chi connectivity index (χ1v) is 5.94. The number of nitrogens with one attached hydrogen (secondary N) is 1. The lowest BCUT2D eigenvalue weighted by Gasteiger charge is -2.09. The van der Waals surface area contributed by atoms with Gasteiger partial charge in [-0.1, -0.05) is 0 Å². The Bertz CT molecular complexity index is 568. The standard InChI is InChI=1S/C11H14N4O3/c1-7-9(18-11-13-6-14-15(7)11)10(16)12-5-8-3-2-4-17-8/h6,8H,2-5H2,1H3,(H,12,16). The van der Waals surface area contributed by atoms with Crippen LogP contribution in [0, 0.1) is 6.92 Å². The van der Waals surface area contributed by atoms with Crippen molar-refractivity contribution < 1.29 is 13.9 Å². The molecule has 7 heteroatoms. The number of oxazole rings is 1. The van der Waals surface area contributed by atoms with Crippen molar-refractivity contribution in [2.24, 2.45) is 0 Å². The van der Waals surface area contributed by atoms with Crippen LogP contribution in [0.5, 0.6) is 0 Å². The minimum absolute atomic E-state index is 0.117. The van der Waals surface area contributed by atoms with E-state index < -0.39 is 0 Å². The molecule has 1 atom stereocenters. The number of hydrogen-bond acceptors (Lipinski definition) is 5. The van der Waals surface area contributed by atoms with Crippen molar-refractivity contribution in [2.45, 2.75) is 25.9 Å². The normalized spacial score (nSPS) is 19.5. The number of nitrogens with zero attached hydrogens (tertiary/aromatic N) is 3. The summed E-state index contributed by atoms with van der Waals surface area (Å²) in [5, 5.41) is 6.77. The monoisotopic (exact) mass is 250 g/mol. The minimum atomic E-state index is -0.254. The van der Waals surface area contributed by atoms with Crippen LogP contribution in [-0.2, 0) is 4.74 Å². The van der Waals surface area contributed by atoms with E-state index in [0.29, 0.717) is 18.1 Å². The molecular weight excluding hydrogens is 236 g/mol. The molecule has 0 bridgehead atoms. The molecule has 2 aromatic heterocycles. The third-order valence-electron chi connectivity index (χ3n) is 3.08. The lowest BCUT2D eigenvalue weighted by Crippen LogP contribution is -2.31. The number of rotatable bonds is 3. The van der Waals surface area contributed by atoms with Crippen molar-refractivity contribution in [1.82, 2.24) is 19.9 Å². The van der Waals surface area contributed by atoms with Gasteiger partial charge in [-0.3, -0.25) is 4.79 Å². The van der Waals surface area contributed by atoms with Gasteiger partial charge < -0.3 is 14.5 Å². The number of carbonyl (C=O) groups excluding carboxylic acids is 1. The van der Waals surface area contributed by atoms with Crippen molar-refractivity contribution in [3.05, 3.63) is 17.8 Å². The average molecular weight is 250 g/mol. The third-order valence-corrected chi connectivity index (χ3v) is 3.08. The van der Waals surface area contributed by atoms with Gasteiger partial charge in [0, 0.05) is 13.2 Å². The molecule has 1 N–H and O–H groups in total. The van der Waals surface area contributed by atoms with Crippen LogP contribution in [0.1, 0.15) is 29.1 Å². The summed E-state index contributed by atoms with van der Waals surface area (Å²) < 4.78 is 12.3. The molecule has 1 aliphatic heterocycles. The summed E-state index contributed by atoms with van der Waals surface area (Å²) in [5.41, 5.74) is 0.646. The number of aromatic nitrogens is 3. The van der Waals surface area contributed by atoms with Gasteiger partial charge in [-0.15, -0.1) is 0 Å². The number of amides is 1. The Labute approximate surface area is 103 Å². The molecule has 1 unspecified atom stereocenters. The molecule has 0 radical (unpaired) electrons. The molecule has 1 fully saturated rings. The van der Waals surface area contributed by atoms with E-state index in [2.05, 4.69) is 15.4 Å². The summed E-state index contributed by atoms with van der Waals surface area (Å²) >= 11 is 0. The van der Waals surface area contributed by atoms with Gasteiger partial charge in [-0.05, 0) is 19.8 Å². The van der Waals surface area contributed by atoms with E-state index in [4.69, 9.17) is 9.15 Å². The average Bonchev–Trinajstić information content (AvgIpc) is 3.05. The molecule has 0 saturated carbocycles. The second-order valence-corrected chi connectivity index (χ2v) is 4.32. The maximum atomic E-state index is 12.0. The molecule has 7 nitrogen and oxygen atoms in total. The molecule has 1 amide bonds. The lowest BCUT2D eigenvalue weighted by molar-refractivity contribution is 0.0836. The molecule has 3 heterocycles. The number of carbonyl (C=O) groups is 1. The van der Waals surface area contributed by atoms with Crippen LogP contribution in [-0.4, -0.2) is 39.8 Å². The van der Waals surface area contributed by atoms with Gasteiger partial charge in [0.25, 0.3) is 5.91 Å². The zero-order valence-corrected chi connectivity index (χ0v) is 10.0. The minimum Gasteiger partial charge on any atom is -0.416 e. The van der Waals surface area contributed by atoms with Crippen LogP contribution >= 0.6 is 0 Å². The molecule has 1 aliphatic rings. The Morgan fingerprint density at radius 1 is 1.67 bits per heavy atom. The first kappa shape index (κ1) is 11.2. The van der Waals surface area contributed by atoms with E-state index in [1.54, 1.807) is 6.92 Å². The molecule has 96 valence electrons. The van der Waals surface area contributed by atoms with E-state index in [9.17, 15) is 4.79 Å². The van der Waals surface area contributed by atoms with Crippen molar-refractivity contribution in [3.63, 3.8) is 0 Å². The first-order chi connectivity index (χ1) is 8.75. The van der Waals surface area contributed by atoms with Crippen molar-refractivity contribution in [2.75, 3.05) is 13.2 Å². The zero-order chi connectivity index (χ0) is 12.5.